The summed E-state index contributed by atoms with van der Waals surface area (Å²) < 4.78 is 22.9. The summed E-state index contributed by atoms with van der Waals surface area (Å²) in [4.78, 5) is 54.5. The van der Waals surface area contributed by atoms with Crippen molar-refractivity contribution < 1.29 is 42.9 Å². The molecule has 3 N–H and O–H groups in total. The van der Waals surface area contributed by atoms with Gasteiger partial charge in [0, 0.05) is 30.3 Å². The van der Waals surface area contributed by atoms with Crippen LogP contribution in [-0.2, 0) is 30.3 Å². The maximum atomic E-state index is 13.7. The molecule has 2 bridgehead atoms. The van der Waals surface area contributed by atoms with Gasteiger partial charge in [-0.05, 0) is 109 Å². The number of thioether (sulfide) groups is 1. The topological polar surface area (TPSA) is 157 Å². The predicted octanol–water partition coefficient (Wildman–Crippen LogP) is 6.72. The normalized spacial score (nSPS) is 21.4. The van der Waals surface area contributed by atoms with Crippen LogP contribution in [0.15, 0.2) is 33.6 Å². The molecule has 2 aromatic rings. The monoisotopic (exact) mass is 755 g/mol. The Balaban J connectivity index is 1.31. The van der Waals surface area contributed by atoms with Crippen LogP contribution in [0, 0.1) is 11.8 Å². The molecule has 3 aliphatic rings. The number of aryl methyl sites for hydroxylation is 1. The van der Waals surface area contributed by atoms with Crippen molar-refractivity contribution in [2.24, 2.45) is 11.8 Å². The van der Waals surface area contributed by atoms with Crippen molar-refractivity contribution in [2.75, 3.05) is 13.7 Å². The number of nitrogens with one attached hydrogen (secondary N) is 2. The molecule has 52 heavy (non-hydrogen) atoms. The molecule has 1 aliphatic heterocycles. The first-order valence-corrected chi connectivity index (χ1v) is 18.9. The van der Waals surface area contributed by atoms with Crippen molar-refractivity contribution in [1.82, 2.24) is 15.5 Å². The molecule has 282 valence electrons. The zero-order chi connectivity index (χ0) is 38.0. The van der Waals surface area contributed by atoms with Gasteiger partial charge in [-0.25, -0.2) is 4.79 Å². The van der Waals surface area contributed by atoms with Gasteiger partial charge in [-0.15, -0.1) is 0 Å². The van der Waals surface area contributed by atoms with Gasteiger partial charge in [0.05, 0.1) is 18.4 Å². The fraction of sp³-hybridized carbons (Fsp3) is 0.553. The first-order chi connectivity index (χ1) is 24.4. The molecule has 14 heteroatoms. The summed E-state index contributed by atoms with van der Waals surface area (Å²) in [5, 5.41) is 15.6. The largest absolute Gasteiger partial charge is 0.508 e. The minimum Gasteiger partial charge on any atom is -0.508 e. The minimum absolute atomic E-state index is 0.00391. The van der Waals surface area contributed by atoms with Crippen molar-refractivity contribution >= 4 is 58.3 Å². The van der Waals surface area contributed by atoms with E-state index in [0.717, 1.165) is 24.8 Å². The summed E-state index contributed by atoms with van der Waals surface area (Å²) in [6.45, 7) is 10.4. The van der Waals surface area contributed by atoms with Crippen molar-refractivity contribution in [3.8, 4) is 22.8 Å². The Labute approximate surface area is 314 Å². The molecule has 3 fully saturated rings. The van der Waals surface area contributed by atoms with Crippen LogP contribution >= 0.6 is 24.0 Å². The first-order valence-electron chi connectivity index (χ1n) is 17.7. The number of aromatic hydroxyl groups is 1. The number of fused-ring (bicyclic) bond motifs is 2. The van der Waals surface area contributed by atoms with Crippen LogP contribution in [0.25, 0.3) is 17.4 Å². The van der Waals surface area contributed by atoms with Gasteiger partial charge in [0.1, 0.15) is 44.6 Å². The Bertz CT molecular complexity index is 1710. The molecule has 3 unspecified atom stereocenters. The number of benzene rings is 1. The lowest BCUT2D eigenvalue weighted by Crippen LogP contribution is -2.49. The number of rotatable bonds is 12. The van der Waals surface area contributed by atoms with Crippen molar-refractivity contribution in [3.05, 3.63) is 40.5 Å². The number of amides is 3. The summed E-state index contributed by atoms with van der Waals surface area (Å²) >= 11 is 6.98. The number of esters is 1. The average molecular weight is 756 g/mol. The first kappa shape index (κ1) is 39.2. The van der Waals surface area contributed by atoms with E-state index in [2.05, 4.69) is 10.6 Å². The van der Waals surface area contributed by atoms with Gasteiger partial charge in [-0.3, -0.25) is 19.3 Å². The number of furan rings is 1. The number of hydrogen-bond donors (Lipinski definition) is 3. The van der Waals surface area contributed by atoms with Gasteiger partial charge in [0.2, 0.25) is 5.91 Å². The summed E-state index contributed by atoms with van der Waals surface area (Å²) in [6, 6.07) is 5.55. The number of thiocarbonyl (C=S) groups is 1. The maximum absolute atomic E-state index is 13.7. The van der Waals surface area contributed by atoms with Crippen molar-refractivity contribution in [3.63, 3.8) is 0 Å². The van der Waals surface area contributed by atoms with Crippen LogP contribution in [0.2, 0.25) is 0 Å². The number of carbonyl (C=O) groups excluding carboxylic acids is 4. The molecular formula is C38H49N3O9S2. The fourth-order valence-corrected chi connectivity index (χ4v) is 8.32. The molecule has 2 heterocycles. The Kier molecular flexibility index (Phi) is 12.0. The molecule has 12 nitrogen and oxygen atoms in total. The van der Waals surface area contributed by atoms with E-state index in [1.807, 2.05) is 6.07 Å². The molecule has 0 spiro atoms. The van der Waals surface area contributed by atoms with E-state index >= 15 is 0 Å². The molecule has 2 aliphatic carbocycles. The van der Waals surface area contributed by atoms with E-state index < -0.39 is 35.2 Å². The highest BCUT2D eigenvalue weighted by Gasteiger charge is 2.48. The minimum atomic E-state index is -1.22. The van der Waals surface area contributed by atoms with Crippen LogP contribution in [0.1, 0.15) is 91.4 Å². The highest BCUT2D eigenvalue weighted by atomic mass is 32.2. The third-order valence-corrected chi connectivity index (χ3v) is 10.4. The summed E-state index contributed by atoms with van der Waals surface area (Å²) in [6.07, 6.45) is 5.88. The van der Waals surface area contributed by atoms with Gasteiger partial charge < -0.3 is 34.4 Å². The third-order valence-electron chi connectivity index (χ3n) is 9.09. The van der Waals surface area contributed by atoms with Crippen LogP contribution < -0.4 is 15.4 Å². The highest BCUT2D eigenvalue weighted by Crippen LogP contribution is 2.49. The third kappa shape index (κ3) is 10.1. The molecule has 1 aromatic carbocycles. The molecule has 4 atom stereocenters. The molecule has 3 amide bonds. The van der Waals surface area contributed by atoms with Gasteiger partial charge in [-0.2, -0.15) is 0 Å². The van der Waals surface area contributed by atoms with Gasteiger partial charge in [0.15, 0.2) is 0 Å². The van der Waals surface area contributed by atoms with Crippen LogP contribution in [0.3, 0.4) is 0 Å². The molecule has 5 rings (SSSR count). The lowest BCUT2D eigenvalue weighted by atomic mass is 9.94. The Morgan fingerprint density at radius 1 is 1.08 bits per heavy atom. The molecular weight excluding hydrogens is 707 g/mol. The summed E-state index contributed by atoms with van der Waals surface area (Å²) in [7, 11) is 1.51. The number of nitrogens with zero attached hydrogens (tertiary/aromatic N) is 1. The van der Waals surface area contributed by atoms with Crippen LogP contribution in [0.4, 0.5) is 4.79 Å². The second-order valence-corrected chi connectivity index (χ2v) is 17.3. The zero-order valence-corrected chi connectivity index (χ0v) is 32.5. The van der Waals surface area contributed by atoms with E-state index in [0.29, 0.717) is 56.7 Å². The molecule has 0 radical (unpaired) electrons. The van der Waals surface area contributed by atoms with Crippen molar-refractivity contribution in [1.29, 1.82) is 0 Å². The van der Waals surface area contributed by atoms with Crippen molar-refractivity contribution in [2.45, 2.75) is 110 Å². The molecule has 1 aromatic heterocycles. The van der Waals surface area contributed by atoms with E-state index in [-0.39, 0.29) is 30.7 Å². The lowest BCUT2D eigenvalue weighted by molar-refractivity contribution is -0.156. The molecule has 2 saturated carbocycles. The highest BCUT2D eigenvalue weighted by molar-refractivity contribution is 8.26. The van der Waals surface area contributed by atoms with Crippen LogP contribution in [-0.4, -0.2) is 75.1 Å². The van der Waals surface area contributed by atoms with Gasteiger partial charge in [0.25, 0.3) is 5.91 Å². The smallest absolute Gasteiger partial charge is 0.408 e. The lowest BCUT2D eigenvalue weighted by Gasteiger charge is -2.30. The van der Waals surface area contributed by atoms with E-state index in [1.165, 1.54) is 31.4 Å². The van der Waals surface area contributed by atoms with E-state index in [4.69, 9.17) is 30.8 Å². The number of ether oxygens (including phenoxy) is 3. The second-order valence-electron chi connectivity index (χ2n) is 15.6. The Morgan fingerprint density at radius 2 is 1.81 bits per heavy atom. The summed E-state index contributed by atoms with van der Waals surface area (Å²) in [5.74, 6) is 1.19. The number of hydrogen-bond acceptors (Lipinski definition) is 11. The number of phenols is 1. The van der Waals surface area contributed by atoms with Gasteiger partial charge >= 0.3 is 12.1 Å². The quantitative estimate of drug-likeness (QED) is 0.0914. The Morgan fingerprint density at radius 3 is 2.44 bits per heavy atom. The SMILES string of the molecule is COc1cc(O)cc(-c2cc(CCCNC(=O)[C@H](CC(=O)OC(C)(C)C)NC(=O)OC(C)(C)C)c(/C=C3\SC(=S)N(C4CC5CCC4C5)C3=O)o2)c1. The number of methoxy groups -OCH3 is 1. The Hall–Kier alpha value is -4.04. The predicted molar refractivity (Wildman–Crippen MR) is 202 cm³/mol. The standard InChI is InChI=1S/C38H49N3O9S2/c1-37(2,3)49-32(43)19-27(40-35(46)50-38(4,5)6)33(44)39-12-8-9-23-17-29(24-15-25(42)18-26(16-24)47-7)48-30(23)20-31-34(45)41(36(51)52-31)28-14-21-10-11-22(28)13-21/h15-18,20-22,27-28,42H,8-14,19H2,1-7H3,(H,39,44)(H,40,46)/b31-20-/t21?,22?,27-,28?/m0/s1. The van der Waals surface area contributed by atoms with E-state index in [1.54, 1.807) is 64.7 Å². The van der Waals surface area contributed by atoms with Gasteiger partial charge in [-0.1, -0.05) is 30.4 Å². The summed E-state index contributed by atoms with van der Waals surface area (Å²) in [5.41, 5.74) is -0.226. The number of phenolic OH excluding ortho intramolecular Hbond substituents is 1. The average Bonchev–Trinajstić information content (AvgIpc) is 3.81. The number of alkyl carbamates (subject to hydrolysis) is 1. The number of carbonyl (C=O) groups is 4. The maximum Gasteiger partial charge on any atom is 0.408 e. The zero-order valence-electron chi connectivity index (χ0n) is 30.8. The molecule has 1 saturated heterocycles. The second kappa shape index (κ2) is 15.9. The van der Waals surface area contributed by atoms with Crippen LogP contribution in [0.5, 0.6) is 11.5 Å². The van der Waals surface area contributed by atoms with E-state index in [9.17, 15) is 24.3 Å². The fourth-order valence-electron chi connectivity index (χ4n) is 6.98.